The van der Waals surface area contributed by atoms with Gasteiger partial charge in [0.15, 0.2) is 21.3 Å². The average molecular weight is 400 g/mol. The van der Waals surface area contributed by atoms with Gasteiger partial charge < -0.3 is 19.0 Å². The minimum Gasteiger partial charge on any atom is -0.489 e. The third kappa shape index (κ3) is 3.34. The fraction of sp³-hybridized carbons (Fsp3) is 0.150. The Balaban J connectivity index is 1.83. The molecule has 0 atom stereocenters. The van der Waals surface area contributed by atoms with E-state index in [2.05, 4.69) is 0 Å². The van der Waals surface area contributed by atoms with Crippen LogP contribution in [0.25, 0.3) is 11.1 Å². The molecule has 0 saturated carbocycles. The van der Waals surface area contributed by atoms with E-state index in [0.29, 0.717) is 17.7 Å². The first kappa shape index (κ1) is 18.1. The van der Waals surface area contributed by atoms with Crippen LogP contribution in [-0.4, -0.2) is 26.3 Å². The number of carboxylic acid groups (broad SMARTS) is 1. The zero-order valence-corrected chi connectivity index (χ0v) is 15.4. The van der Waals surface area contributed by atoms with Gasteiger partial charge in [0.1, 0.15) is 5.76 Å². The Hall–Kier alpha value is -3.26. The van der Waals surface area contributed by atoms with E-state index < -0.39 is 21.7 Å². The van der Waals surface area contributed by atoms with E-state index in [1.807, 2.05) is 0 Å². The van der Waals surface area contributed by atoms with Crippen LogP contribution < -0.4 is 9.47 Å². The fourth-order valence-electron chi connectivity index (χ4n) is 3.21. The quantitative estimate of drug-likeness (QED) is 0.523. The summed E-state index contributed by atoms with van der Waals surface area (Å²) in [5.41, 5.74) is 1.57. The first-order chi connectivity index (χ1) is 13.5. The summed E-state index contributed by atoms with van der Waals surface area (Å²) in [6.07, 6.45) is 0.499. The number of fused-ring (bicyclic) bond motifs is 3. The number of ether oxygens (including phenoxy) is 2. The van der Waals surface area contributed by atoms with Crippen LogP contribution in [0.3, 0.4) is 0 Å². The molecule has 0 unspecified atom stereocenters. The molecule has 1 aromatic heterocycles. The van der Waals surface area contributed by atoms with Crippen LogP contribution >= 0.6 is 0 Å². The number of hydrogen-bond acceptors (Lipinski definition) is 6. The maximum atomic E-state index is 12.8. The highest BCUT2D eigenvalue weighted by Gasteiger charge is 2.27. The molecule has 1 aliphatic rings. The van der Waals surface area contributed by atoms with Gasteiger partial charge in [-0.1, -0.05) is 24.3 Å². The SMILES string of the molecule is O=C(O)Oc1c(CS(=O)(=O)c2ccccc2)ccc2c1OCCc1occc1-2. The second-order valence-corrected chi connectivity index (χ2v) is 8.22. The molecule has 0 bridgehead atoms. The molecule has 2 heterocycles. The summed E-state index contributed by atoms with van der Waals surface area (Å²) in [5, 5.41) is 9.19. The van der Waals surface area contributed by atoms with Gasteiger partial charge in [0, 0.05) is 23.1 Å². The Morgan fingerprint density at radius 3 is 2.61 bits per heavy atom. The van der Waals surface area contributed by atoms with Crippen LogP contribution in [-0.2, 0) is 22.0 Å². The van der Waals surface area contributed by atoms with Crippen molar-refractivity contribution in [1.29, 1.82) is 0 Å². The second-order valence-electron chi connectivity index (χ2n) is 6.23. The van der Waals surface area contributed by atoms with Crippen LogP contribution in [0.2, 0.25) is 0 Å². The molecule has 2 aromatic carbocycles. The summed E-state index contributed by atoms with van der Waals surface area (Å²) in [5.74, 6) is 0.376. The van der Waals surface area contributed by atoms with E-state index in [0.717, 1.165) is 5.56 Å². The van der Waals surface area contributed by atoms with Crippen LogP contribution in [0.4, 0.5) is 4.79 Å². The second kappa shape index (κ2) is 7.05. The van der Waals surface area contributed by atoms with Crippen molar-refractivity contribution in [3.63, 3.8) is 0 Å². The van der Waals surface area contributed by atoms with Crippen LogP contribution in [0.15, 0.2) is 64.1 Å². The number of furan rings is 1. The molecule has 0 radical (unpaired) electrons. The first-order valence-electron chi connectivity index (χ1n) is 8.50. The van der Waals surface area contributed by atoms with E-state index in [4.69, 9.17) is 13.9 Å². The third-order valence-electron chi connectivity index (χ3n) is 4.44. The minimum atomic E-state index is -3.70. The molecule has 1 aliphatic heterocycles. The number of hydrogen-bond donors (Lipinski definition) is 1. The van der Waals surface area contributed by atoms with Gasteiger partial charge in [-0.05, 0) is 24.3 Å². The molecule has 3 aromatic rings. The minimum absolute atomic E-state index is 0.112. The van der Waals surface area contributed by atoms with Gasteiger partial charge in [-0.3, -0.25) is 0 Å². The van der Waals surface area contributed by atoms with E-state index >= 15 is 0 Å². The average Bonchev–Trinajstić information content (AvgIpc) is 3.05. The molecule has 1 N–H and O–H groups in total. The molecular formula is C20H16O7S. The Labute approximate surface area is 161 Å². The standard InChI is InChI=1S/C20H16O7S/c21-20(22)27-18-13(12-28(23,24)14-4-2-1-3-5-14)6-7-16-15-8-10-25-17(15)9-11-26-19(16)18/h1-8,10H,9,11-12H2,(H,21,22). The van der Waals surface area contributed by atoms with E-state index in [1.54, 1.807) is 42.7 Å². The lowest BCUT2D eigenvalue weighted by Crippen LogP contribution is -2.11. The van der Waals surface area contributed by atoms with Crippen molar-refractivity contribution in [2.45, 2.75) is 17.1 Å². The van der Waals surface area contributed by atoms with E-state index in [-0.39, 0.29) is 28.6 Å². The Morgan fingerprint density at radius 2 is 1.86 bits per heavy atom. The maximum absolute atomic E-state index is 12.8. The zero-order valence-electron chi connectivity index (χ0n) is 14.6. The number of benzene rings is 2. The van der Waals surface area contributed by atoms with Crippen molar-refractivity contribution < 1.29 is 32.2 Å². The summed E-state index contributed by atoms with van der Waals surface area (Å²) in [4.78, 5) is 11.4. The van der Waals surface area contributed by atoms with Gasteiger partial charge in [-0.15, -0.1) is 0 Å². The smallest absolute Gasteiger partial charge is 0.489 e. The van der Waals surface area contributed by atoms with Crippen molar-refractivity contribution >= 4 is 16.0 Å². The Morgan fingerprint density at radius 1 is 1.07 bits per heavy atom. The van der Waals surface area contributed by atoms with Gasteiger partial charge >= 0.3 is 6.16 Å². The van der Waals surface area contributed by atoms with Gasteiger partial charge in [0.05, 0.1) is 23.5 Å². The lowest BCUT2D eigenvalue weighted by atomic mass is 10.0. The van der Waals surface area contributed by atoms with Crippen LogP contribution in [0.5, 0.6) is 11.5 Å². The summed E-state index contributed by atoms with van der Waals surface area (Å²) in [6.45, 7) is 0.248. The molecule has 0 saturated heterocycles. The topological polar surface area (TPSA) is 103 Å². The molecule has 28 heavy (non-hydrogen) atoms. The fourth-order valence-corrected chi connectivity index (χ4v) is 4.58. The van der Waals surface area contributed by atoms with Crippen molar-refractivity contribution in [2.75, 3.05) is 6.61 Å². The highest BCUT2D eigenvalue weighted by Crippen LogP contribution is 2.44. The zero-order chi connectivity index (χ0) is 19.7. The number of sulfone groups is 1. The Kier molecular flexibility index (Phi) is 4.56. The molecule has 8 heteroatoms. The molecule has 0 fully saturated rings. The first-order valence-corrected chi connectivity index (χ1v) is 10.1. The van der Waals surface area contributed by atoms with Crippen molar-refractivity contribution in [3.8, 4) is 22.6 Å². The highest BCUT2D eigenvalue weighted by molar-refractivity contribution is 7.90. The largest absolute Gasteiger partial charge is 0.511 e. The lowest BCUT2D eigenvalue weighted by molar-refractivity contribution is 0.141. The summed E-state index contributed by atoms with van der Waals surface area (Å²) >= 11 is 0. The van der Waals surface area contributed by atoms with Crippen molar-refractivity contribution in [3.05, 3.63) is 66.1 Å². The molecule has 0 spiro atoms. The number of carbonyl (C=O) groups is 1. The highest BCUT2D eigenvalue weighted by atomic mass is 32.2. The van der Waals surface area contributed by atoms with Crippen molar-refractivity contribution in [1.82, 2.24) is 0 Å². The monoisotopic (exact) mass is 400 g/mol. The number of rotatable bonds is 4. The van der Waals surface area contributed by atoms with Crippen molar-refractivity contribution in [2.24, 2.45) is 0 Å². The summed E-state index contributed by atoms with van der Waals surface area (Å²) in [7, 11) is -3.70. The van der Waals surface area contributed by atoms with Crippen LogP contribution in [0.1, 0.15) is 11.3 Å². The van der Waals surface area contributed by atoms with Gasteiger partial charge in [-0.25, -0.2) is 13.2 Å². The summed E-state index contributed by atoms with van der Waals surface area (Å²) < 4.78 is 41.7. The van der Waals surface area contributed by atoms with E-state index in [9.17, 15) is 18.3 Å². The van der Waals surface area contributed by atoms with E-state index in [1.165, 1.54) is 12.1 Å². The molecule has 0 aliphatic carbocycles. The predicted octanol–water partition coefficient (Wildman–Crippen LogP) is 3.91. The van der Waals surface area contributed by atoms with Crippen LogP contribution in [0, 0.1) is 0 Å². The molecule has 7 nitrogen and oxygen atoms in total. The molecule has 0 amide bonds. The third-order valence-corrected chi connectivity index (χ3v) is 6.12. The summed E-state index contributed by atoms with van der Waals surface area (Å²) in [6, 6.07) is 13.0. The molecule has 4 rings (SSSR count). The predicted molar refractivity (Wildman–Crippen MR) is 99.3 cm³/mol. The maximum Gasteiger partial charge on any atom is 0.511 e. The van der Waals surface area contributed by atoms with Gasteiger partial charge in [0.25, 0.3) is 0 Å². The lowest BCUT2D eigenvalue weighted by Gasteiger charge is -2.16. The normalized spacial score (nSPS) is 13.0. The van der Waals surface area contributed by atoms with Gasteiger partial charge in [0.2, 0.25) is 0 Å². The molecular weight excluding hydrogens is 384 g/mol. The molecule has 144 valence electrons. The Bertz CT molecular complexity index is 1130. The van der Waals surface area contributed by atoms with Gasteiger partial charge in [-0.2, -0.15) is 0 Å².